The predicted molar refractivity (Wildman–Crippen MR) is 102 cm³/mol. The Labute approximate surface area is 152 Å². The smallest absolute Gasteiger partial charge is 0.329 e. The Kier molecular flexibility index (Phi) is 7.77. The van der Waals surface area contributed by atoms with Crippen LogP contribution in [-0.2, 0) is 10.0 Å². The van der Waals surface area contributed by atoms with E-state index >= 15 is 0 Å². The molecule has 0 aliphatic carbocycles. The highest BCUT2D eigenvalue weighted by molar-refractivity contribution is 7.89. The predicted octanol–water partition coefficient (Wildman–Crippen LogP) is 2.26. The van der Waals surface area contributed by atoms with Gasteiger partial charge in [0.2, 0.25) is 0 Å². The van der Waals surface area contributed by atoms with E-state index in [1.165, 1.54) is 18.2 Å². The lowest BCUT2D eigenvalue weighted by molar-refractivity contribution is 0.234. The monoisotopic (exact) mass is 377 g/mol. The Morgan fingerprint density at radius 2 is 1.52 bits per heavy atom. The van der Waals surface area contributed by atoms with Crippen LogP contribution in [0.2, 0.25) is 0 Å². The van der Waals surface area contributed by atoms with Crippen LogP contribution in [0.5, 0.6) is 0 Å². The van der Waals surface area contributed by atoms with E-state index in [0.717, 1.165) is 5.56 Å². The summed E-state index contributed by atoms with van der Waals surface area (Å²) in [5, 5.41) is 0. The number of benzene rings is 2. The summed E-state index contributed by atoms with van der Waals surface area (Å²) in [6.07, 6.45) is 1.30. The molecule has 0 saturated heterocycles. The summed E-state index contributed by atoms with van der Waals surface area (Å²) in [6, 6.07) is 16.1. The molecule has 0 atom stereocenters. The number of hydrogen-bond donors (Lipinski definition) is 2. The first kappa shape index (κ1) is 20.3. The molecule has 0 aromatic heterocycles. The Morgan fingerprint density at radius 1 is 1.04 bits per heavy atom. The Bertz CT molecular complexity index is 823. The van der Waals surface area contributed by atoms with Crippen molar-refractivity contribution in [3.05, 3.63) is 78.9 Å². The zero-order valence-electron chi connectivity index (χ0n) is 13.4. The number of rotatable bonds is 5. The summed E-state index contributed by atoms with van der Waals surface area (Å²) in [5.74, 6) is 0. The van der Waals surface area contributed by atoms with Crippen molar-refractivity contribution < 1.29 is 13.2 Å². The number of nitrogens with zero attached hydrogens (tertiary/aromatic N) is 1. The standard InChI is InChI=1S/C10H12N2O3S.C7H7NS/c1-2-8-12(10(11)13)16(14,15)9-6-4-3-5-7-9;8-7(9)6-4-2-1-3-5-6/h2-7H,1,8H2,(H2,11,13);1-5H,(H2,8,9). The Hall–Kier alpha value is -2.71. The van der Waals surface area contributed by atoms with Crippen LogP contribution in [0.4, 0.5) is 4.79 Å². The van der Waals surface area contributed by atoms with Crippen molar-refractivity contribution in [3.8, 4) is 0 Å². The number of amides is 2. The first-order chi connectivity index (χ1) is 11.8. The molecule has 4 N–H and O–H groups in total. The maximum absolute atomic E-state index is 11.9. The molecule has 2 amide bonds. The number of nitrogens with two attached hydrogens (primary N) is 2. The van der Waals surface area contributed by atoms with Crippen molar-refractivity contribution >= 4 is 33.3 Å². The average molecular weight is 377 g/mol. The maximum Gasteiger partial charge on any atom is 0.329 e. The van der Waals surface area contributed by atoms with Crippen LogP contribution in [-0.4, -0.2) is 30.3 Å². The average Bonchev–Trinajstić information content (AvgIpc) is 2.61. The molecule has 2 rings (SSSR count). The number of primary amides is 1. The third-order valence-corrected chi connectivity index (χ3v) is 4.94. The van der Waals surface area contributed by atoms with Crippen LogP contribution in [0.1, 0.15) is 5.56 Å². The number of urea groups is 1. The van der Waals surface area contributed by atoms with Crippen molar-refractivity contribution in [3.63, 3.8) is 0 Å². The van der Waals surface area contributed by atoms with Crippen molar-refractivity contribution in [1.82, 2.24) is 4.31 Å². The lowest BCUT2D eigenvalue weighted by Gasteiger charge is -2.18. The molecule has 0 heterocycles. The Morgan fingerprint density at radius 3 is 1.88 bits per heavy atom. The first-order valence-corrected chi connectivity index (χ1v) is 8.98. The molecule has 0 aliphatic heterocycles. The van der Waals surface area contributed by atoms with E-state index in [0.29, 0.717) is 9.29 Å². The minimum absolute atomic E-state index is 0.0238. The zero-order valence-corrected chi connectivity index (χ0v) is 15.0. The van der Waals surface area contributed by atoms with Gasteiger partial charge in [-0.2, -0.15) is 0 Å². The molecular formula is C17H19N3O3S2. The van der Waals surface area contributed by atoms with Crippen LogP contribution in [0.3, 0.4) is 0 Å². The fourth-order valence-corrected chi connectivity index (χ4v) is 3.18. The van der Waals surface area contributed by atoms with Crippen LogP contribution in [0, 0.1) is 0 Å². The second-order valence-electron chi connectivity index (χ2n) is 4.71. The molecule has 2 aromatic carbocycles. The Balaban J connectivity index is 0.000000293. The molecule has 6 nitrogen and oxygen atoms in total. The highest BCUT2D eigenvalue weighted by Crippen LogP contribution is 2.14. The largest absolute Gasteiger partial charge is 0.389 e. The van der Waals surface area contributed by atoms with Crippen molar-refractivity contribution in [2.45, 2.75) is 4.90 Å². The van der Waals surface area contributed by atoms with Crippen molar-refractivity contribution in [1.29, 1.82) is 0 Å². The fraction of sp³-hybridized carbons (Fsp3) is 0.0588. The molecule has 0 spiro atoms. The van der Waals surface area contributed by atoms with Crippen LogP contribution >= 0.6 is 12.2 Å². The lowest BCUT2D eigenvalue weighted by atomic mass is 10.2. The van der Waals surface area contributed by atoms with Gasteiger partial charge in [0.25, 0.3) is 10.0 Å². The van der Waals surface area contributed by atoms with E-state index < -0.39 is 16.1 Å². The van der Waals surface area contributed by atoms with Crippen LogP contribution < -0.4 is 11.5 Å². The van der Waals surface area contributed by atoms with E-state index in [1.54, 1.807) is 18.2 Å². The van der Waals surface area contributed by atoms with Gasteiger partial charge in [0, 0.05) is 5.56 Å². The second kappa shape index (κ2) is 9.55. The van der Waals surface area contributed by atoms with E-state index in [1.807, 2.05) is 30.3 Å². The number of carbonyl (C=O) groups is 1. The van der Waals surface area contributed by atoms with Crippen molar-refractivity contribution in [2.24, 2.45) is 11.5 Å². The van der Waals surface area contributed by atoms with Gasteiger partial charge in [-0.25, -0.2) is 17.5 Å². The first-order valence-electron chi connectivity index (χ1n) is 7.13. The van der Waals surface area contributed by atoms with E-state index in [-0.39, 0.29) is 11.4 Å². The van der Waals surface area contributed by atoms with E-state index in [2.05, 4.69) is 6.58 Å². The van der Waals surface area contributed by atoms with Gasteiger partial charge < -0.3 is 11.5 Å². The molecule has 2 aromatic rings. The third-order valence-electron chi connectivity index (χ3n) is 2.93. The quantitative estimate of drug-likeness (QED) is 0.614. The number of sulfonamides is 1. The molecule has 0 saturated carbocycles. The van der Waals surface area contributed by atoms with Gasteiger partial charge in [-0.05, 0) is 12.1 Å². The molecular weight excluding hydrogens is 358 g/mol. The molecule has 25 heavy (non-hydrogen) atoms. The van der Waals surface area contributed by atoms with E-state index in [9.17, 15) is 13.2 Å². The molecule has 0 unspecified atom stereocenters. The molecule has 0 aliphatic rings. The van der Waals surface area contributed by atoms with Gasteiger partial charge in [0.1, 0.15) is 4.99 Å². The molecule has 132 valence electrons. The molecule has 0 bridgehead atoms. The van der Waals surface area contributed by atoms with Crippen molar-refractivity contribution in [2.75, 3.05) is 6.54 Å². The number of carbonyl (C=O) groups excluding carboxylic acids is 1. The third kappa shape index (κ3) is 6.02. The minimum atomic E-state index is -3.87. The normalized spacial score (nSPS) is 10.1. The van der Waals surface area contributed by atoms with Crippen LogP contribution in [0.15, 0.2) is 78.2 Å². The molecule has 8 heteroatoms. The summed E-state index contributed by atoms with van der Waals surface area (Å²) in [4.78, 5) is 11.5. The topological polar surface area (TPSA) is 106 Å². The lowest BCUT2D eigenvalue weighted by Crippen LogP contribution is -2.40. The summed E-state index contributed by atoms with van der Waals surface area (Å²) in [6.45, 7) is 3.23. The number of hydrogen-bond acceptors (Lipinski definition) is 4. The molecule has 0 radical (unpaired) electrons. The second-order valence-corrected chi connectivity index (χ2v) is 7.01. The number of thiocarbonyl (C=S) groups is 1. The van der Waals surface area contributed by atoms with Gasteiger partial charge in [-0.15, -0.1) is 6.58 Å². The van der Waals surface area contributed by atoms with Crippen LogP contribution in [0.25, 0.3) is 0 Å². The minimum Gasteiger partial charge on any atom is -0.389 e. The SMILES string of the molecule is C=CCN(C(N)=O)S(=O)(=O)c1ccccc1.NC(=S)c1ccccc1. The molecule has 0 fully saturated rings. The highest BCUT2D eigenvalue weighted by atomic mass is 32.2. The maximum atomic E-state index is 11.9. The van der Waals surface area contributed by atoms with Gasteiger partial charge in [0.15, 0.2) is 0 Å². The summed E-state index contributed by atoms with van der Waals surface area (Å²) in [5.41, 5.74) is 11.3. The van der Waals surface area contributed by atoms with E-state index in [4.69, 9.17) is 23.7 Å². The summed E-state index contributed by atoms with van der Waals surface area (Å²) in [7, 11) is -3.87. The van der Waals surface area contributed by atoms with Gasteiger partial charge >= 0.3 is 6.03 Å². The fourth-order valence-electron chi connectivity index (χ4n) is 1.75. The summed E-state index contributed by atoms with van der Waals surface area (Å²) >= 11 is 4.74. The van der Waals surface area contributed by atoms with Gasteiger partial charge in [-0.3, -0.25) is 0 Å². The van der Waals surface area contributed by atoms with Gasteiger partial charge in [0.05, 0.1) is 11.4 Å². The van der Waals surface area contributed by atoms with Gasteiger partial charge in [-0.1, -0.05) is 66.8 Å². The highest BCUT2D eigenvalue weighted by Gasteiger charge is 2.25. The zero-order chi connectivity index (χ0) is 18.9. The summed E-state index contributed by atoms with van der Waals surface area (Å²) < 4.78 is 24.4.